The van der Waals surface area contributed by atoms with Gasteiger partial charge in [-0.2, -0.15) is 5.10 Å². The molecule has 0 unspecified atom stereocenters. The van der Waals surface area contributed by atoms with Crippen LogP contribution >= 0.6 is 0 Å². The lowest BCUT2D eigenvalue weighted by Crippen LogP contribution is -2.26. The number of nitrogens with one attached hydrogen (secondary N) is 2. The second-order valence-electron chi connectivity index (χ2n) is 7.30. The summed E-state index contributed by atoms with van der Waals surface area (Å²) in [5, 5.41) is 10.1. The first kappa shape index (κ1) is 18.7. The van der Waals surface area contributed by atoms with E-state index in [0.717, 1.165) is 24.0 Å². The minimum Gasteiger partial charge on any atom is -0.397 e. The summed E-state index contributed by atoms with van der Waals surface area (Å²) in [5.41, 5.74) is 9.44. The minimum absolute atomic E-state index is 0.0430. The van der Waals surface area contributed by atoms with Gasteiger partial charge in [0.05, 0.1) is 30.5 Å². The Kier molecular flexibility index (Phi) is 5.29. The van der Waals surface area contributed by atoms with Gasteiger partial charge in [-0.15, -0.1) is 0 Å². The van der Waals surface area contributed by atoms with Crippen LogP contribution in [-0.2, 0) is 17.8 Å². The highest BCUT2D eigenvalue weighted by Crippen LogP contribution is 2.19. The van der Waals surface area contributed by atoms with Crippen molar-refractivity contribution in [2.75, 3.05) is 11.1 Å². The molecule has 4 rings (SSSR count). The third-order valence-electron chi connectivity index (χ3n) is 4.76. The van der Waals surface area contributed by atoms with Gasteiger partial charge in [0.1, 0.15) is 0 Å². The summed E-state index contributed by atoms with van der Waals surface area (Å²) in [6, 6.07) is 14.9. The van der Waals surface area contributed by atoms with Crippen LogP contribution in [0.15, 0.2) is 60.9 Å². The van der Waals surface area contributed by atoms with E-state index in [9.17, 15) is 9.59 Å². The van der Waals surface area contributed by atoms with Crippen LogP contribution in [0.3, 0.4) is 0 Å². The Labute approximate surface area is 168 Å². The maximum absolute atomic E-state index is 12.4. The Balaban J connectivity index is 1.34. The van der Waals surface area contributed by atoms with Crippen LogP contribution in [0, 0.1) is 0 Å². The van der Waals surface area contributed by atoms with Crippen molar-refractivity contribution in [3.05, 3.63) is 77.6 Å². The van der Waals surface area contributed by atoms with E-state index in [4.69, 9.17) is 5.73 Å². The molecule has 0 atom stereocenters. The van der Waals surface area contributed by atoms with E-state index in [1.165, 1.54) is 0 Å². The number of carbonyl (C=O) groups excluding carboxylic acids is 2. The highest BCUT2D eigenvalue weighted by Gasteiger charge is 2.23. The van der Waals surface area contributed by atoms with Crippen LogP contribution in [0.4, 0.5) is 11.4 Å². The minimum atomic E-state index is -0.211. The number of amides is 2. The molecular weight excluding hydrogens is 366 g/mol. The van der Waals surface area contributed by atoms with E-state index in [1.807, 2.05) is 30.5 Å². The summed E-state index contributed by atoms with van der Waals surface area (Å²) in [5.74, 6) is -0.168. The predicted octanol–water partition coefficient (Wildman–Crippen LogP) is 2.59. The number of nitrogen functional groups attached to an aromatic ring is 1. The van der Waals surface area contributed by atoms with E-state index >= 15 is 0 Å². The maximum atomic E-state index is 12.4. The van der Waals surface area contributed by atoms with Crippen molar-refractivity contribution in [1.29, 1.82) is 0 Å². The monoisotopic (exact) mass is 389 g/mol. The van der Waals surface area contributed by atoms with E-state index in [2.05, 4.69) is 15.7 Å². The third-order valence-corrected chi connectivity index (χ3v) is 4.76. The number of nitrogens with zero attached hydrogens (tertiary/aromatic N) is 2. The number of carbonyl (C=O) groups is 2. The number of para-hydroxylation sites is 2. The molecule has 1 aliphatic carbocycles. The number of anilines is 2. The summed E-state index contributed by atoms with van der Waals surface area (Å²) >= 11 is 0. The topological polar surface area (TPSA) is 102 Å². The van der Waals surface area contributed by atoms with Crippen LogP contribution in [0.2, 0.25) is 0 Å². The Morgan fingerprint density at radius 1 is 1.07 bits per heavy atom. The molecule has 1 fully saturated rings. The van der Waals surface area contributed by atoms with Crippen LogP contribution in [0.5, 0.6) is 0 Å². The molecule has 2 amide bonds. The number of hydrogen-bond donors (Lipinski definition) is 3. The van der Waals surface area contributed by atoms with E-state index < -0.39 is 0 Å². The zero-order chi connectivity index (χ0) is 20.2. The molecule has 7 nitrogen and oxygen atoms in total. The predicted molar refractivity (Wildman–Crippen MR) is 111 cm³/mol. The quantitative estimate of drug-likeness (QED) is 0.541. The smallest absolute Gasteiger partial charge is 0.255 e. The summed E-state index contributed by atoms with van der Waals surface area (Å²) in [4.78, 5) is 24.3. The number of hydrogen-bond acceptors (Lipinski definition) is 4. The Morgan fingerprint density at radius 2 is 1.83 bits per heavy atom. The summed E-state index contributed by atoms with van der Waals surface area (Å²) in [7, 11) is 0. The molecule has 0 radical (unpaired) electrons. The van der Waals surface area contributed by atoms with Gasteiger partial charge < -0.3 is 16.4 Å². The van der Waals surface area contributed by atoms with Crippen molar-refractivity contribution in [1.82, 2.24) is 15.1 Å². The molecule has 3 aromatic rings. The van der Waals surface area contributed by atoms with Crippen molar-refractivity contribution in [2.24, 2.45) is 0 Å². The van der Waals surface area contributed by atoms with E-state index in [1.54, 1.807) is 35.1 Å². The average Bonchev–Trinajstić information content (AvgIpc) is 3.41. The highest BCUT2D eigenvalue weighted by molar-refractivity contribution is 6.05. The SMILES string of the molecule is Nc1ccccc1NC(=O)c1ccc(Cn2cc(CC(=O)NC3CC3)cn2)cc1. The second-order valence-corrected chi connectivity index (χ2v) is 7.30. The molecule has 29 heavy (non-hydrogen) atoms. The van der Waals surface area contributed by atoms with Gasteiger partial charge in [0.2, 0.25) is 5.91 Å². The molecule has 0 bridgehead atoms. The molecule has 148 valence electrons. The summed E-state index contributed by atoms with van der Waals surface area (Å²) in [6.45, 7) is 0.567. The second kappa shape index (κ2) is 8.18. The van der Waals surface area contributed by atoms with Crippen LogP contribution in [0.25, 0.3) is 0 Å². The first-order valence-electron chi connectivity index (χ1n) is 9.62. The first-order chi connectivity index (χ1) is 14.1. The van der Waals surface area contributed by atoms with Crippen molar-refractivity contribution in [3.8, 4) is 0 Å². The fraction of sp³-hybridized carbons (Fsp3) is 0.227. The van der Waals surface area contributed by atoms with Crippen LogP contribution in [0.1, 0.15) is 34.3 Å². The Bertz CT molecular complexity index is 1020. The summed E-state index contributed by atoms with van der Waals surface area (Å²) < 4.78 is 1.79. The number of nitrogens with two attached hydrogens (primary N) is 1. The van der Waals surface area contributed by atoms with Crippen LogP contribution in [-0.4, -0.2) is 27.6 Å². The van der Waals surface area contributed by atoms with E-state index in [-0.39, 0.29) is 11.8 Å². The van der Waals surface area contributed by atoms with Crippen molar-refractivity contribution in [3.63, 3.8) is 0 Å². The summed E-state index contributed by atoms with van der Waals surface area (Å²) in [6.07, 6.45) is 6.11. The lowest BCUT2D eigenvalue weighted by atomic mass is 10.1. The van der Waals surface area contributed by atoms with Gasteiger partial charge >= 0.3 is 0 Å². The third kappa shape index (κ3) is 5.01. The highest BCUT2D eigenvalue weighted by atomic mass is 16.2. The molecule has 1 aromatic heterocycles. The Morgan fingerprint density at radius 3 is 2.55 bits per heavy atom. The first-order valence-corrected chi connectivity index (χ1v) is 9.62. The number of benzene rings is 2. The Hall–Kier alpha value is -3.61. The van der Waals surface area contributed by atoms with Crippen LogP contribution < -0.4 is 16.4 Å². The standard InChI is InChI=1S/C22H23N5O2/c23-19-3-1-2-4-20(19)26-22(29)17-7-5-15(6-8-17)13-27-14-16(12-24-27)11-21(28)25-18-9-10-18/h1-8,12,14,18H,9-11,13,23H2,(H,25,28)(H,26,29). The molecule has 1 heterocycles. The molecule has 2 aromatic carbocycles. The normalized spacial score (nSPS) is 13.1. The van der Waals surface area contributed by atoms with Gasteiger partial charge in [0.25, 0.3) is 5.91 Å². The van der Waals surface area contributed by atoms with Gasteiger partial charge in [0.15, 0.2) is 0 Å². The van der Waals surface area contributed by atoms with Crippen molar-refractivity contribution in [2.45, 2.75) is 31.8 Å². The maximum Gasteiger partial charge on any atom is 0.255 e. The fourth-order valence-electron chi connectivity index (χ4n) is 3.03. The fourth-order valence-corrected chi connectivity index (χ4v) is 3.03. The zero-order valence-corrected chi connectivity index (χ0v) is 16.0. The number of aromatic nitrogens is 2. The van der Waals surface area contributed by atoms with Gasteiger partial charge in [-0.1, -0.05) is 24.3 Å². The van der Waals surface area contributed by atoms with Gasteiger partial charge in [-0.25, -0.2) is 0 Å². The molecule has 1 saturated carbocycles. The van der Waals surface area contributed by atoms with Crippen molar-refractivity contribution < 1.29 is 9.59 Å². The molecule has 0 spiro atoms. The number of rotatable bonds is 7. The molecule has 0 aliphatic heterocycles. The van der Waals surface area contributed by atoms with Crippen molar-refractivity contribution >= 4 is 23.2 Å². The van der Waals surface area contributed by atoms with Gasteiger partial charge in [0, 0.05) is 17.8 Å². The zero-order valence-electron chi connectivity index (χ0n) is 16.0. The lowest BCUT2D eigenvalue weighted by Gasteiger charge is -2.08. The molecule has 0 saturated heterocycles. The van der Waals surface area contributed by atoms with E-state index in [0.29, 0.717) is 35.9 Å². The van der Waals surface area contributed by atoms with Gasteiger partial charge in [-0.3, -0.25) is 14.3 Å². The molecule has 1 aliphatic rings. The van der Waals surface area contributed by atoms with Gasteiger partial charge in [-0.05, 0) is 48.2 Å². The largest absolute Gasteiger partial charge is 0.397 e. The molecule has 4 N–H and O–H groups in total. The molecule has 7 heteroatoms. The lowest BCUT2D eigenvalue weighted by molar-refractivity contribution is -0.120. The average molecular weight is 389 g/mol. The molecular formula is C22H23N5O2.